The third kappa shape index (κ3) is 6.95. The lowest BCUT2D eigenvalue weighted by atomic mass is 10.3. The van der Waals surface area contributed by atoms with Crippen LogP contribution in [0.4, 0.5) is 0 Å². The van der Waals surface area contributed by atoms with Gasteiger partial charge >= 0.3 is 0 Å². The van der Waals surface area contributed by atoms with E-state index < -0.39 is 10.0 Å². The van der Waals surface area contributed by atoms with E-state index in [9.17, 15) is 8.42 Å². The maximum Gasteiger partial charge on any atom is 0.213 e. The first-order valence-electron chi connectivity index (χ1n) is 6.03. The quantitative estimate of drug-likeness (QED) is 0.542. The highest BCUT2D eigenvalue weighted by Crippen LogP contribution is 1.94. The molecule has 1 aliphatic heterocycles. The van der Waals surface area contributed by atoms with Gasteiger partial charge in [-0.05, 0) is 13.0 Å². The molecule has 0 aromatic heterocycles. The van der Waals surface area contributed by atoms with Crippen molar-refractivity contribution in [2.75, 3.05) is 58.7 Å². The van der Waals surface area contributed by atoms with Gasteiger partial charge in [-0.1, -0.05) is 0 Å². The van der Waals surface area contributed by atoms with E-state index in [2.05, 4.69) is 14.9 Å². The molecule has 2 N–H and O–H groups in total. The number of hydrogen-bond donors (Lipinski definition) is 2. The van der Waals surface area contributed by atoms with Crippen LogP contribution in [-0.2, 0) is 14.8 Å². The smallest absolute Gasteiger partial charge is 0.213 e. The SMILES string of the molecule is COCCS(=O)(=O)NCCCN1CCNCC1. The first-order chi connectivity index (χ1) is 8.14. The van der Waals surface area contributed by atoms with Crippen LogP contribution in [0.3, 0.4) is 0 Å². The number of ether oxygens (including phenoxy) is 1. The topological polar surface area (TPSA) is 70.7 Å². The van der Waals surface area contributed by atoms with Gasteiger partial charge in [-0.25, -0.2) is 13.1 Å². The molecule has 1 heterocycles. The second-order valence-corrected chi connectivity index (χ2v) is 6.08. The van der Waals surface area contributed by atoms with Gasteiger partial charge in [-0.2, -0.15) is 0 Å². The van der Waals surface area contributed by atoms with Crippen molar-refractivity contribution in [3.63, 3.8) is 0 Å². The summed E-state index contributed by atoms with van der Waals surface area (Å²) in [5.41, 5.74) is 0. The molecule has 1 fully saturated rings. The zero-order chi connectivity index (χ0) is 12.6. The van der Waals surface area contributed by atoms with Gasteiger partial charge in [0.1, 0.15) is 0 Å². The fourth-order valence-corrected chi connectivity index (χ4v) is 2.72. The summed E-state index contributed by atoms with van der Waals surface area (Å²) in [7, 11) is -1.65. The predicted molar refractivity (Wildman–Crippen MR) is 67.6 cm³/mol. The Labute approximate surface area is 104 Å². The zero-order valence-corrected chi connectivity index (χ0v) is 11.3. The zero-order valence-electron chi connectivity index (χ0n) is 10.4. The molecular formula is C10H23N3O3S. The van der Waals surface area contributed by atoms with E-state index in [1.807, 2.05) is 0 Å². The van der Waals surface area contributed by atoms with Gasteiger partial charge < -0.3 is 15.0 Å². The Bertz CT molecular complexity index is 289. The minimum Gasteiger partial charge on any atom is -0.384 e. The summed E-state index contributed by atoms with van der Waals surface area (Å²) in [6, 6.07) is 0. The monoisotopic (exact) mass is 265 g/mol. The Hall–Kier alpha value is -0.210. The summed E-state index contributed by atoms with van der Waals surface area (Å²) in [5, 5.41) is 3.29. The molecule has 102 valence electrons. The van der Waals surface area contributed by atoms with Crippen LogP contribution in [0.15, 0.2) is 0 Å². The van der Waals surface area contributed by atoms with E-state index in [0.29, 0.717) is 6.54 Å². The van der Waals surface area contributed by atoms with Crippen molar-refractivity contribution in [2.24, 2.45) is 0 Å². The standard InChI is InChI=1S/C10H23N3O3S/c1-16-9-10-17(14,15)12-3-2-6-13-7-4-11-5-8-13/h11-12H,2-10H2,1H3. The van der Waals surface area contributed by atoms with E-state index in [1.165, 1.54) is 7.11 Å². The Morgan fingerprint density at radius 3 is 2.71 bits per heavy atom. The van der Waals surface area contributed by atoms with Crippen molar-refractivity contribution >= 4 is 10.0 Å². The van der Waals surface area contributed by atoms with Gasteiger partial charge in [-0.15, -0.1) is 0 Å². The minimum absolute atomic E-state index is 0.0388. The average molecular weight is 265 g/mol. The second-order valence-electron chi connectivity index (χ2n) is 4.15. The molecule has 7 heteroatoms. The molecule has 1 saturated heterocycles. The van der Waals surface area contributed by atoms with Crippen LogP contribution in [0.2, 0.25) is 0 Å². The Balaban J connectivity index is 2.06. The van der Waals surface area contributed by atoms with E-state index in [0.717, 1.165) is 39.1 Å². The van der Waals surface area contributed by atoms with Crippen LogP contribution in [0.1, 0.15) is 6.42 Å². The van der Waals surface area contributed by atoms with E-state index in [4.69, 9.17) is 4.74 Å². The number of methoxy groups -OCH3 is 1. The third-order valence-electron chi connectivity index (χ3n) is 2.74. The van der Waals surface area contributed by atoms with Gasteiger partial charge in [-0.3, -0.25) is 0 Å². The van der Waals surface area contributed by atoms with Gasteiger partial charge in [0, 0.05) is 39.8 Å². The highest BCUT2D eigenvalue weighted by Gasteiger charge is 2.11. The summed E-state index contributed by atoms with van der Waals surface area (Å²) >= 11 is 0. The molecule has 0 saturated carbocycles. The molecule has 17 heavy (non-hydrogen) atoms. The first kappa shape index (κ1) is 14.8. The summed E-state index contributed by atoms with van der Waals surface area (Å²) in [6.45, 7) is 5.86. The fourth-order valence-electron chi connectivity index (χ4n) is 1.73. The maximum atomic E-state index is 11.4. The second kappa shape index (κ2) is 7.99. The number of sulfonamides is 1. The maximum absolute atomic E-state index is 11.4. The average Bonchev–Trinajstić information content (AvgIpc) is 2.34. The van der Waals surface area contributed by atoms with Crippen molar-refractivity contribution in [3.8, 4) is 0 Å². The molecule has 0 bridgehead atoms. The molecule has 0 spiro atoms. The molecule has 0 aromatic carbocycles. The molecule has 0 atom stereocenters. The molecule has 0 radical (unpaired) electrons. The molecule has 0 amide bonds. The summed E-state index contributed by atoms with van der Waals surface area (Å²) in [5.74, 6) is 0.0388. The van der Waals surface area contributed by atoms with Crippen LogP contribution in [0.5, 0.6) is 0 Å². The normalized spacial score (nSPS) is 18.4. The van der Waals surface area contributed by atoms with Crippen LogP contribution < -0.4 is 10.0 Å². The number of piperazine rings is 1. The molecule has 1 rings (SSSR count). The summed E-state index contributed by atoms with van der Waals surface area (Å²) in [6.07, 6.45) is 0.853. The molecule has 6 nitrogen and oxygen atoms in total. The van der Waals surface area contributed by atoms with Crippen molar-refractivity contribution < 1.29 is 13.2 Å². The number of hydrogen-bond acceptors (Lipinski definition) is 5. The van der Waals surface area contributed by atoms with E-state index in [-0.39, 0.29) is 12.4 Å². The lowest BCUT2D eigenvalue weighted by Crippen LogP contribution is -2.44. The van der Waals surface area contributed by atoms with Crippen LogP contribution in [-0.4, -0.2) is 72.1 Å². The Morgan fingerprint density at radius 2 is 2.06 bits per heavy atom. The molecule has 0 aliphatic carbocycles. The molecule has 1 aliphatic rings. The van der Waals surface area contributed by atoms with Gasteiger partial charge in [0.25, 0.3) is 0 Å². The van der Waals surface area contributed by atoms with Gasteiger partial charge in [0.15, 0.2) is 0 Å². The lowest BCUT2D eigenvalue weighted by molar-refractivity contribution is 0.216. The fraction of sp³-hybridized carbons (Fsp3) is 1.00. The van der Waals surface area contributed by atoms with E-state index >= 15 is 0 Å². The van der Waals surface area contributed by atoms with Crippen LogP contribution in [0, 0.1) is 0 Å². The summed E-state index contributed by atoms with van der Waals surface area (Å²) < 4.78 is 30.2. The highest BCUT2D eigenvalue weighted by molar-refractivity contribution is 7.89. The Kier molecular flexibility index (Phi) is 6.98. The van der Waals surface area contributed by atoms with Crippen molar-refractivity contribution in [1.82, 2.24) is 14.9 Å². The molecule has 0 aromatic rings. The number of nitrogens with one attached hydrogen (secondary N) is 2. The number of nitrogens with zero attached hydrogens (tertiary/aromatic N) is 1. The number of rotatable bonds is 8. The lowest BCUT2D eigenvalue weighted by Gasteiger charge is -2.27. The Morgan fingerprint density at radius 1 is 1.35 bits per heavy atom. The predicted octanol–water partition coefficient (Wildman–Crippen LogP) is -1.15. The van der Waals surface area contributed by atoms with E-state index in [1.54, 1.807) is 0 Å². The largest absolute Gasteiger partial charge is 0.384 e. The highest BCUT2D eigenvalue weighted by atomic mass is 32.2. The van der Waals surface area contributed by atoms with Crippen molar-refractivity contribution in [1.29, 1.82) is 0 Å². The first-order valence-corrected chi connectivity index (χ1v) is 7.68. The van der Waals surface area contributed by atoms with Crippen LogP contribution in [0.25, 0.3) is 0 Å². The van der Waals surface area contributed by atoms with Crippen molar-refractivity contribution in [2.45, 2.75) is 6.42 Å². The minimum atomic E-state index is -3.15. The van der Waals surface area contributed by atoms with Crippen LogP contribution >= 0.6 is 0 Å². The van der Waals surface area contributed by atoms with Crippen molar-refractivity contribution in [3.05, 3.63) is 0 Å². The van der Waals surface area contributed by atoms with Gasteiger partial charge in [0.05, 0.1) is 12.4 Å². The third-order valence-corrected chi connectivity index (χ3v) is 4.09. The van der Waals surface area contributed by atoms with Gasteiger partial charge in [0.2, 0.25) is 10.0 Å². The summed E-state index contributed by atoms with van der Waals surface area (Å²) in [4.78, 5) is 2.35. The molecule has 0 unspecified atom stereocenters. The molecular weight excluding hydrogens is 242 g/mol.